The molecule has 1 aromatic heterocycles. The molecule has 2 amide bonds. The van der Waals surface area contributed by atoms with E-state index in [0.29, 0.717) is 18.7 Å². The highest BCUT2D eigenvalue weighted by atomic mass is 16.2. The molecule has 22 heavy (non-hydrogen) atoms. The van der Waals surface area contributed by atoms with Crippen LogP contribution in [0.15, 0.2) is 54.9 Å². The van der Waals surface area contributed by atoms with Gasteiger partial charge in [0, 0.05) is 31.9 Å². The van der Waals surface area contributed by atoms with Crippen LogP contribution >= 0.6 is 0 Å². The van der Waals surface area contributed by atoms with Crippen molar-refractivity contribution < 1.29 is 9.59 Å². The SMILES string of the molecule is O=C(CCNNC(=O)c1cccnc1)NCc1ccccc1. The van der Waals surface area contributed by atoms with Gasteiger partial charge in [-0.15, -0.1) is 0 Å². The molecule has 114 valence electrons. The summed E-state index contributed by atoms with van der Waals surface area (Å²) in [7, 11) is 0. The molecule has 1 heterocycles. The molecule has 0 aliphatic carbocycles. The average Bonchev–Trinajstić information content (AvgIpc) is 2.58. The number of pyridine rings is 1. The van der Waals surface area contributed by atoms with E-state index in [0.717, 1.165) is 5.56 Å². The van der Waals surface area contributed by atoms with Crippen molar-refractivity contribution in [1.29, 1.82) is 0 Å². The summed E-state index contributed by atoms with van der Waals surface area (Å²) < 4.78 is 0. The minimum atomic E-state index is -0.280. The van der Waals surface area contributed by atoms with Crippen molar-refractivity contribution in [1.82, 2.24) is 21.2 Å². The smallest absolute Gasteiger partial charge is 0.266 e. The summed E-state index contributed by atoms with van der Waals surface area (Å²) in [5.41, 5.74) is 6.76. The van der Waals surface area contributed by atoms with Crippen LogP contribution in [-0.4, -0.2) is 23.3 Å². The Morgan fingerprint density at radius 2 is 1.86 bits per heavy atom. The first-order valence-electron chi connectivity index (χ1n) is 6.99. The monoisotopic (exact) mass is 298 g/mol. The third-order valence-electron chi connectivity index (χ3n) is 2.94. The largest absolute Gasteiger partial charge is 0.352 e. The predicted octanol–water partition coefficient (Wildman–Crippen LogP) is 1.02. The first kappa shape index (κ1) is 15.7. The molecule has 0 unspecified atom stereocenters. The molecule has 3 N–H and O–H groups in total. The fourth-order valence-corrected chi connectivity index (χ4v) is 1.77. The fraction of sp³-hybridized carbons (Fsp3) is 0.188. The number of nitrogens with zero attached hydrogens (tertiary/aromatic N) is 1. The third-order valence-corrected chi connectivity index (χ3v) is 2.94. The standard InChI is InChI=1S/C16H18N4O2/c21-15(18-11-13-5-2-1-3-6-13)8-10-19-20-16(22)14-7-4-9-17-12-14/h1-7,9,12,19H,8,10-11H2,(H,18,21)(H,20,22). The maximum absolute atomic E-state index is 11.7. The number of hydrogen-bond acceptors (Lipinski definition) is 4. The van der Waals surface area contributed by atoms with Crippen LogP contribution in [0.5, 0.6) is 0 Å². The molecule has 6 heteroatoms. The maximum Gasteiger partial charge on any atom is 0.266 e. The predicted molar refractivity (Wildman–Crippen MR) is 82.6 cm³/mol. The van der Waals surface area contributed by atoms with Crippen molar-refractivity contribution in [3.8, 4) is 0 Å². The van der Waals surface area contributed by atoms with Gasteiger partial charge in [0.05, 0.1) is 5.56 Å². The van der Waals surface area contributed by atoms with Gasteiger partial charge in [-0.3, -0.25) is 20.0 Å². The topological polar surface area (TPSA) is 83.1 Å². The minimum Gasteiger partial charge on any atom is -0.352 e. The number of carbonyl (C=O) groups excluding carboxylic acids is 2. The van der Waals surface area contributed by atoms with Gasteiger partial charge in [0.1, 0.15) is 0 Å². The lowest BCUT2D eigenvalue weighted by atomic mass is 10.2. The van der Waals surface area contributed by atoms with Gasteiger partial charge in [0.25, 0.3) is 5.91 Å². The van der Waals surface area contributed by atoms with Gasteiger partial charge in [0.15, 0.2) is 0 Å². The van der Waals surface area contributed by atoms with Gasteiger partial charge >= 0.3 is 0 Å². The Kier molecular flexibility index (Phi) is 6.07. The minimum absolute atomic E-state index is 0.0769. The summed E-state index contributed by atoms with van der Waals surface area (Å²) in [5.74, 6) is -0.357. The quantitative estimate of drug-likeness (QED) is 0.526. The van der Waals surface area contributed by atoms with Gasteiger partial charge in [-0.25, -0.2) is 5.43 Å². The second kappa shape index (κ2) is 8.53. The molecule has 0 aliphatic heterocycles. The lowest BCUT2D eigenvalue weighted by molar-refractivity contribution is -0.121. The zero-order valence-electron chi connectivity index (χ0n) is 12.1. The average molecular weight is 298 g/mol. The van der Waals surface area contributed by atoms with Gasteiger partial charge in [-0.1, -0.05) is 30.3 Å². The summed E-state index contributed by atoms with van der Waals surface area (Å²) in [6.45, 7) is 0.855. The Morgan fingerprint density at radius 1 is 1.05 bits per heavy atom. The molecule has 0 aliphatic rings. The summed E-state index contributed by atoms with van der Waals surface area (Å²) >= 11 is 0. The van der Waals surface area contributed by atoms with Crippen LogP contribution in [0.1, 0.15) is 22.3 Å². The van der Waals surface area contributed by atoms with Crippen molar-refractivity contribution in [2.45, 2.75) is 13.0 Å². The van der Waals surface area contributed by atoms with Crippen LogP contribution < -0.4 is 16.2 Å². The van der Waals surface area contributed by atoms with E-state index in [-0.39, 0.29) is 18.2 Å². The van der Waals surface area contributed by atoms with E-state index in [1.807, 2.05) is 30.3 Å². The molecule has 0 spiro atoms. The van der Waals surface area contributed by atoms with Crippen molar-refractivity contribution >= 4 is 11.8 Å². The van der Waals surface area contributed by atoms with E-state index in [2.05, 4.69) is 21.2 Å². The normalized spacial score (nSPS) is 10.0. The summed E-state index contributed by atoms with van der Waals surface area (Å²) in [5, 5.41) is 2.82. The Hall–Kier alpha value is -2.73. The van der Waals surface area contributed by atoms with Crippen LogP contribution in [0.3, 0.4) is 0 Å². The van der Waals surface area contributed by atoms with Gasteiger partial charge in [0.2, 0.25) is 5.91 Å². The second-order valence-corrected chi connectivity index (χ2v) is 4.63. The van der Waals surface area contributed by atoms with Gasteiger partial charge in [-0.05, 0) is 17.7 Å². The van der Waals surface area contributed by atoms with Crippen molar-refractivity contribution in [3.63, 3.8) is 0 Å². The Morgan fingerprint density at radius 3 is 2.59 bits per heavy atom. The van der Waals surface area contributed by atoms with Crippen molar-refractivity contribution in [3.05, 3.63) is 66.0 Å². The fourth-order valence-electron chi connectivity index (χ4n) is 1.77. The lowest BCUT2D eigenvalue weighted by Crippen LogP contribution is -2.39. The maximum atomic E-state index is 11.7. The van der Waals surface area contributed by atoms with E-state index >= 15 is 0 Å². The van der Waals surface area contributed by atoms with E-state index < -0.39 is 0 Å². The number of nitrogens with one attached hydrogen (secondary N) is 3. The number of aromatic nitrogens is 1. The second-order valence-electron chi connectivity index (χ2n) is 4.63. The number of benzene rings is 1. The molecular weight excluding hydrogens is 280 g/mol. The summed E-state index contributed by atoms with van der Waals surface area (Å²) in [6, 6.07) is 13.0. The highest BCUT2D eigenvalue weighted by Gasteiger charge is 2.05. The van der Waals surface area contributed by atoms with Crippen LogP contribution in [0.4, 0.5) is 0 Å². The zero-order valence-corrected chi connectivity index (χ0v) is 12.1. The molecule has 0 radical (unpaired) electrons. The van der Waals surface area contributed by atoms with Gasteiger partial charge in [-0.2, -0.15) is 0 Å². The van der Waals surface area contributed by atoms with E-state index in [1.165, 1.54) is 6.20 Å². The Balaban J connectivity index is 1.60. The Bertz CT molecular complexity index is 602. The molecular formula is C16H18N4O2. The molecule has 0 saturated carbocycles. The number of rotatable bonds is 7. The molecule has 2 rings (SSSR count). The van der Waals surface area contributed by atoms with Crippen molar-refractivity contribution in [2.75, 3.05) is 6.54 Å². The molecule has 1 aromatic carbocycles. The number of hydrogen-bond donors (Lipinski definition) is 3. The van der Waals surface area contributed by atoms with Crippen LogP contribution in [0.25, 0.3) is 0 Å². The molecule has 0 atom stereocenters. The van der Waals surface area contributed by atoms with Crippen molar-refractivity contribution in [2.24, 2.45) is 0 Å². The van der Waals surface area contributed by atoms with Crippen LogP contribution in [0, 0.1) is 0 Å². The van der Waals surface area contributed by atoms with E-state index in [9.17, 15) is 9.59 Å². The first-order chi connectivity index (χ1) is 10.8. The zero-order chi connectivity index (χ0) is 15.6. The lowest BCUT2D eigenvalue weighted by Gasteiger charge is -2.08. The number of amides is 2. The number of hydrazine groups is 1. The Labute approximate surface area is 128 Å². The van der Waals surface area contributed by atoms with E-state index in [4.69, 9.17) is 0 Å². The summed E-state index contributed by atoms with van der Waals surface area (Å²) in [4.78, 5) is 27.2. The molecule has 0 saturated heterocycles. The van der Waals surface area contributed by atoms with Crippen LogP contribution in [0.2, 0.25) is 0 Å². The summed E-state index contributed by atoms with van der Waals surface area (Å²) in [6.07, 6.45) is 3.35. The molecule has 6 nitrogen and oxygen atoms in total. The van der Waals surface area contributed by atoms with Gasteiger partial charge < -0.3 is 5.32 Å². The highest BCUT2D eigenvalue weighted by Crippen LogP contribution is 1.97. The van der Waals surface area contributed by atoms with Crippen LogP contribution in [-0.2, 0) is 11.3 Å². The molecule has 0 bridgehead atoms. The highest BCUT2D eigenvalue weighted by molar-refractivity contribution is 5.93. The third kappa shape index (κ3) is 5.34. The first-order valence-corrected chi connectivity index (χ1v) is 6.99. The van der Waals surface area contributed by atoms with E-state index in [1.54, 1.807) is 18.3 Å². The molecule has 0 fully saturated rings. The molecule has 2 aromatic rings. The number of carbonyl (C=O) groups is 2.